The summed E-state index contributed by atoms with van der Waals surface area (Å²) in [6, 6.07) is 13.4. The Bertz CT molecular complexity index is 1200. The summed E-state index contributed by atoms with van der Waals surface area (Å²) in [5.41, 5.74) is 5.54. The molecule has 0 spiro atoms. The van der Waals surface area contributed by atoms with Crippen LogP contribution in [0, 0.1) is 13.8 Å². The lowest BCUT2D eigenvalue weighted by atomic mass is 10.1. The Balaban J connectivity index is 2.11. The maximum atomic E-state index is 2.41. The highest BCUT2D eigenvalue weighted by Crippen LogP contribution is 2.46. The molecular formula is C19H15NS2. The summed E-state index contributed by atoms with van der Waals surface area (Å²) in [5.74, 6) is 0. The van der Waals surface area contributed by atoms with Crippen LogP contribution in [0.1, 0.15) is 11.1 Å². The minimum absolute atomic E-state index is 1.35. The van der Waals surface area contributed by atoms with E-state index >= 15 is 0 Å². The van der Waals surface area contributed by atoms with E-state index in [4.69, 9.17) is 0 Å². The van der Waals surface area contributed by atoms with Gasteiger partial charge in [0.1, 0.15) is 0 Å². The largest absolute Gasteiger partial charge is 0.341 e. The zero-order chi connectivity index (χ0) is 15.0. The second kappa shape index (κ2) is 4.12. The third kappa shape index (κ3) is 1.43. The molecule has 0 aliphatic carbocycles. The Morgan fingerprint density at radius 1 is 0.864 bits per heavy atom. The molecule has 0 atom stereocenters. The van der Waals surface area contributed by atoms with Crippen LogP contribution in [0.2, 0.25) is 0 Å². The van der Waals surface area contributed by atoms with E-state index in [1.54, 1.807) is 0 Å². The minimum Gasteiger partial charge on any atom is -0.341 e. The lowest BCUT2D eigenvalue weighted by Crippen LogP contribution is -1.87. The van der Waals surface area contributed by atoms with Crippen molar-refractivity contribution in [3.63, 3.8) is 0 Å². The Morgan fingerprint density at radius 2 is 1.59 bits per heavy atom. The fourth-order valence-electron chi connectivity index (χ4n) is 3.69. The molecule has 5 aromatic rings. The topological polar surface area (TPSA) is 4.93 Å². The lowest BCUT2D eigenvalue weighted by molar-refractivity contribution is 1.02. The Labute approximate surface area is 136 Å². The molecule has 0 N–H and O–H groups in total. The molecule has 0 saturated heterocycles. The lowest BCUT2D eigenvalue weighted by Gasteiger charge is -2.02. The second-order valence-electron chi connectivity index (χ2n) is 6.07. The van der Waals surface area contributed by atoms with Crippen LogP contribution in [0.25, 0.3) is 40.6 Å². The average Bonchev–Trinajstić information content (AvgIpc) is 3.10. The standard InChI is InChI=1S/C19H15NS2/c1-10-8-11(2)15-14(9-10)22-19-17(15)20(3)16-12-6-4-5-7-13(12)21-18(16)19/h4-9H,1-3H3. The molecule has 108 valence electrons. The first-order valence-corrected chi connectivity index (χ1v) is 9.08. The average molecular weight is 321 g/mol. The number of nitrogens with zero attached hydrogens (tertiary/aromatic N) is 1. The van der Waals surface area contributed by atoms with Crippen LogP contribution in [-0.2, 0) is 7.05 Å². The van der Waals surface area contributed by atoms with Gasteiger partial charge in [0.05, 0.1) is 20.4 Å². The van der Waals surface area contributed by atoms with Crippen LogP contribution in [0.4, 0.5) is 0 Å². The molecule has 22 heavy (non-hydrogen) atoms. The summed E-state index contributed by atoms with van der Waals surface area (Å²) in [6.07, 6.45) is 0. The van der Waals surface area contributed by atoms with E-state index < -0.39 is 0 Å². The zero-order valence-corrected chi connectivity index (χ0v) is 14.4. The Morgan fingerprint density at radius 3 is 2.45 bits per heavy atom. The molecule has 0 aliphatic rings. The number of rotatable bonds is 0. The smallest absolute Gasteiger partial charge is 0.0714 e. The van der Waals surface area contributed by atoms with Gasteiger partial charge in [0.15, 0.2) is 0 Å². The van der Waals surface area contributed by atoms with Crippen LogP contribution in [0.5, 0.6) is 0 Å². The molecule has 0 aliphatic heterocycles. The zero-order valence-electron chi connectivity index (χ0n) is 12.7. The molecule has 2 aromatic carbocycles. The number of hydrogen-bond acceptors (Lipinski definition) is 2. The van der Waals surface area contributed by atoms with Crippen molar-refractivity contribution in [1.29, 1.82) is 0 Å². The van der Waals surface area contributed by atoms with Crippen molar-refractivity contribution in [2.75, 3.05) is 0 Å². The molecule has 0 bridgehead atoms. The number of thiophene rings is 2. The highest BCUT2D eigenvalue weighted by molar-refractivity contribution is 7.33. The van der Waals surface area contributed by atoms with E-state index in [1.165, 1.54) is 51.7 Å². The van der Waals surface area contributed by atoms with Crippen LogP contribution in [0.3, 0.4) is 0 Å². The van der Waals surface area contributed by atoms with Gasteiger partial charge >= 0.3 is 0 Å². The van der Waals surface area contributed by atoms with Gasteiger partial charge in [-0.1, -0.05) is 24.3 Å². The molecule has 0 saturated carbocycles. The molecule has 1 nitrogen and oxygen atoms in total. The van der Waals surface area contributed by atoms with E-state index in [2.05, 4.69) is 61.9 Å². The Hall–Kier alpha value is -1.84. The summed E-state index contributed by atoms with van der Waals surface area (Å²) >= 11 is 3.87. The number of hydrogen-bond donors (Lipinski definition) is 0. The minimum atomic E-state index is 1.35. The third-order valence-electron chi connectivity index (χ3n) is 4.55. The highest BCUT2D eigenvalue weighted by atomic mass is 32.1. The van der Waals surface area contributed by atoms with Crippen LogP contribution in [-0.4, -0.2) is 4.57 Å². The maximum Gasteiger partial charge on any atom is 0.0714 e. The Kier molecular flexibility index (Phi) is 2.37. The van der Waals surface area contributed by atoms with E-state index in [0.717, 1.165) is 0 Å². The maximum absolute atomic E-state index is 2.41. The van der Waals surface area contributed by atoms with Gasteiger partial charge in [-0.3, -0.25) is 0 Å². The van der Waals surface area contributed by atoms with Gasteiger partial charge in [0.2, 0.25) is 0 Å². The number of aromatic nitrogens is 1. The van der Waals surface area contributed by atoms with E-state index in [0.29, 0.717) is 0 Å². The SMILES string of the molecule is Cc1cc(C)c2c(c1)sc1c3sc4ccccc4c3n(C)c12. The molecule has 3 heterocycles. The molecule has 0 fully saturated rings. The predicted molar refractivity (Wildman–Crippen MR) is 101 cm³/mol. The van der Waals surface area contributed by atoms with Gasteiger partial charge in [-0.25, -0.2) is 0 Å². The highest BCUT2D eigenvalue weighted by Gasteiger charge is 2.19. The fourth-order valence-corrected chi connectivity index (χ4v) is 6.46. The van der Waals surface area contributed by atoms with Crippen molar-refractivity contribution in [2.45, 2.75) is 13.8 Å². The predicted octanol–water partition coefficient (Wildman–Crippen LogP) is 6.38. The summed E-state index contributed by atoms with van der Waals surface area (Å²) in [5, 5.41) is 2.81. The molecule has 0 radical (unpaired) electrons. The van der Waals surface area contributed by atoms with Gasteiger partial charge in [0.25, 0.3) is 0 Å². The number of benzene rings is 2. The number of fused-ring (bicyclic) bond motifs is 7. The molecule has 0 amide bonds. The van der Waals surface area contributed by atoms with Crippen LogP contribution in [0.15, 0.2) is 36.4 Å². The first-order valence-electron chi connectivity index (χ1n) is 7.44. The number of aryl methyl sites for hydroxylation is 3. The van der Waals surface area contributed by atoms with Crippen molar-refractivity contribution in [3.05, 3.63) is 47.5 Å². The van der Waals surface area contributed by atoms with Gasteiger partial charge in [0, 0.05) is 27.2 Å². The molecule has 3 aromatic heterocycles. The van der Waals surface area contributed by atoms with Crippen LogP contribution < -0.4 is 0 Å². The first-order chi connectivity index (χ1) is 10.6. The van der Waals surface area contributed by atoms with Gasteiger partial charge in [-0.05, 0) is 37.1 Å². The van der Waals surface area contributed by atoms with E-state index in [-0.39, 0.29) is 0 Å². The first kappa shape index (κ1) is 12.7. The van der Waals surface area contributed by atoms with Gasteiger partial charge < -0.3 is 4.57 Å². The van der Waals surface area contributed by atoms with Crippen molar-refractivity contribution in [1.82, 2.24) is 4.57 Å². The van der Waals surface area contributed by atoms with Gasteiger partial charge in [-0.15, -0.1) is 22.7 Å². The van der Waals surface area contributed by atoms with Gasteiger partial charge in [-0.2, -0.15) is 0 Å². The van der Waals surface area contributed by atoms with Crippen molar-refractivity contribution >= 4 is 63.3 Å². The molecule has 0 unspecified atom stereocenters. The second-order valence-corrected chi connectivity index (χ2v) is 8.17. The van der Waals surface area contributed by atoms with Crippen LogP contribution >= 0.6 is 22.7 Å². The quantitative estimate of drug-likeness (QED) is 0.312. The van der Waals surface area contributed by atoms with E-state index in [1.807, 2.05) is 22.7 Å². The molecule has 3 heteroatoms. The molecular weight excluding hydrogens is 306 g/mol. The third-order valence-corrected chi connectivity index (χ3v) is 7.00. The summed E-state index contributed by atoms with van der Waals surface area (Å²) < 4.78 is 8.09. The fraction of sp³-hybridized carbons (Fsp3) is 0.158. The summed E-state index contributed by atoms with van der Waals surface area (Å²) in [6.45, 7) is 4.42. The normalized spacial score (nSPS) is 12.3. The monoisotopic (exact) mass is 321 g/mol. The summed E-state index contributed by atoms with van der Waals surface area (Å²) in [4.78, 5) is 0. The van der Waals surface area contributed by atoms with E-state index in [9.17, 15) is 0 Å². The van der Waals surface area contributed by atoms with Crippen molar-refractivity contribution < 1.29 is 0 Å². The van der Waals surface area contributed by atoms with Crippen molar-refractivity contribution in [3.8, 4) is 0 Å². The summed E-state index contributed by atoms with van der Waals surface area (Å²) in [7, 11) is 2.22. The molecule has 5 rings (SSSR count). The van der Waals surface area contributed by atoms with Crippen molar-refractivity contribution in [2.24, 2.45) is 7.05 Å².